The first-order valence-corrected chi connectivity index (χ1v) is 7.39. The predicted molar refractivity (Wildman–Crippen MR) is 80.7 cm³/mol. The van der Waals surface area contributed by atoms with Gasteiger partial charge in [0.25, 0.3) is 0 Å². The van der Waals surface area contributed by atoms with Crippen molar-refractivity contribution in [1.29, 1.82) is 0 Å². The smallest absolute Gasteiger partial charge is 0.156 e. The lowest BCUT2D eigenvalue weighted by Gasteiger charge is -2.27. The number of nitrogens with zero attached hydrogens (tertiary/aromatic N) is 2. The summed E-state index contributed by atoms with van der Waals surface area (Å²) in [5, 5.41) is 24.1. The van der Waals surface area contributed by atoms with Crippen LogP contribution in [0.2, 0.25) is 0 Å². The molecule has 2 N–H and O–H groups in total. The molecule has 2 atom stereocenters. The number of aliphatic hydroxyl groups excluding tert-OH is 1. The van der Waals surface area contributed by atoms with E-state index in [-0.39, 0.29) is 6.10 Å². The highest BCUT2D eigenvalue weighted by Crippen LogP contribution is 2.26. The molecule has 20 heavy (non-hydrogen) atoms. The van der Waals surface area contributed by atoms with Crippen molar-refractivity contribution in [2.24, 2.45) is 5.92 Å². The maximum absolute atomic E-state index is 10.0. The Morgan fingerprint density at radius 2 is 1.90 bits per heavy atom. The van der Waals surface area contributed by atoms with Crippen LogP contribution in [0.25, 0.3) is 10.8 Å². The normalized spacial score (nSPS) is 22.9. The van der Waals surface area contributed by atoms with E-state index in [1.165, 1.54) is 6.42 Å². The largest absolute Gasteiger partial charge is 0.393 e. The third kappa shape index (κ3) is 2.61. The van der Waals surface area contributed by atoms with Crippen LogP contribution in [0.5, 0.6) is 0 Å². The number of benzene rings is 1. The Morgan fingerprint density at radius 3 is 2.70 bits per heavy atom. The molecule has 0 bridgehead atoms. The number of rotatable bonds is 3. The average molecular weight is 271 g/mol. The van der Waals surface area contributed by atoms with Crippen LogP contribution in [0.3, 0.4) is 0 Å². The zero-order valence-corrected chi connectivity index (χ0v) is 11.8. The maximum atomic E-state index is 10.0. The van der Waals surface area contributed by atoms with Crippen LogP contribution in [0.1, 0.15) is 31.4 Å². The molecule has 1 saturated carbocycles. The Bertz CT molecular complexity index is 599. The molecule has 1 aromatic carbocycles. The van der Waals surface area contributed by atoms with Gasteiger partial charge in [0.1, 0.15) is 0 Å². The third-order valence-electron chi connectivity index (χ3n) is 4.27. The molecule has 0 radical (unpaired) electrons. The second kappa shape index (κ2) is 5.75. The monoisotopic (exact) mass is 271 g/mol. The van der Waals surface area contributed by atoms with Gasteiger partial charge in [-0.3, -0.25) is 0 Å². The molecule has 1 aliphatic rings. The van der Waals surface area contributed by atoms with Crippen molar-refractivity contribution in [3.05, 3.63) is 30.0 Å². The summed E-state index contributed by atoms with van der Waals surface area (Å²) in [6.45, 7) is 2.74. The molecular formula is C16H21N3O. The SMILES string of the molecule is Cc1nnc(NCC2CCCCC2O)c2ccccc12. The van der Waals surface area contributed by atoms with E-state index in [1.807, 2.05) is 19.1 Å². The van der Waals surface area contributed by atoms with Crippen LogP contribution in [0, 0.1) is 12.8 Å². The second-order valence-electron chi connectivity index (χ2n) is 5.67. The van der Waals surface area contributed by atoms with Gasteiger partial charge in [-0.1, -0.05) is 37.1 Å². The number of anilines is 1. The zero-order chi connectivity index (χ0) is 13.9. The van der Waals surface area contributed by atoms with E-state index >= 15 is 0 Å². The fraction of sp³-hybridized carbons (Fsp3) is 0.500. The standard InChI is InChI=1S/C16H21N3O/c1-11-13-7-3-4-8-14(13)16(19-18-11)17-10-12-6-2-5-9-15(12)20/h3-4,7-8,12,15,20H,2,5-6,9-10H2,1H3,(H,17,19). The Balaban J connectivity index is 1.79. The lowest BCUT2D eigenvalue weighted by Crippen LogP contribution is -2.30. The molecule has 2 unspecified atom stereocenters. The zero-order valence-electron chi connectivity index (χ0n) is 11.8. The number of fused-ring (bicyclic) bond motifs is 1. The molecule has 1 heterocycles. The molecule has 1 aliphatic carbocycles. The van der Waals surface area contributed by atoms with E-state index in [4.69, 9.17) is 0 Å². The third-order valence-corrected chi connectivity index (χ3v) is 4.27. The van der Waals surface area contributed by atoms with Gasteiger partial charge in [-0.05, 0) is 19.8 Å². The molecule has 4 heteroatoms. The van der Waals surface area contributed by atoms with Gasteiger partial charge >= 0.3 is 0 Å². The second-order valence-corrected chi connectivity index (χ2v) is 5.67. The minimum Gasteiger partial charge on any atom is -0.393 e. The van der Waals surface area contributed by atoms with Crippen molar-refractivity contribution in [3.63, 3.8) is 0 Å². The van der Waals surface area contributed by atoms with E-state index in [2.05, 4.69) is 27.6 Å². The lowest BCUT2D eigenvalue weighted by atomic mass is 9.86. The van der Waals surface area contributed by atoms with E-state index in [0.29, 0.717) is 5.92 Å². The fourth-order valence-electron chi connectivity index (χ4n) is 3.02. The molecule has 0 spiro atoms. The first kappa shape index (κ1) is 13.3. The molecule has 0 amide bonds. The van der Waals surface area contributed by atoms with Crippen molar-refractivity contribution in [2.75, 3.05) is 11.9 Å². The number of nitrogens with one attached hydrogen (secondary N) is 1. The number of hydrogen-bond donors (Lipinski definition) is 2. The summed E-state index contributed by atoms with van der Waals surface area (Å²) in [6, 6.07) is 8.17. The molecule has 106 valence electrons. The van der Waals surface area contributed by atoms with Crippen LogP contribution in [-0.2, 0) is 0 Å². The summed E-state index contributed by atoms with van der Waals surface area (Å²) in [6.07, 6.45) is 4.19. The number of aromatic nitrogens is 2. The molecule has 1 aromatic heterocycles. The van der Waals surface area contributed by atoms with Gasteiger partial charge in [0.05, 0.1) is 11.8 Å². The summed E-state index contributed by atoms with van der Waals surface area (Å²) in [7, 11) is 0. The van der Waals surface area contributed by atoms with Crippen LogP contribution < -0.4 is 5.32 Å². The van der Waals surface area contributed by atoms with Crippen molar-refractivity contribution in [2.45, 2.75) is 38.7 Å². The molecule has 0 aliphatic heterocycles. The van der Waals surface area contributed by atoms with Crippen molar-refractivity contribution < 1.29 is 5.11 Å². The van der Waals surface area contributed by atoms with Gasteiger partial charge in [0, 0.05) is 23.2 Å². The topological polar surface area (TPSA) is 58.0 Å². The Morgan fingerprint density at radius 1 is 1.15 bits per heavy atom. The highest BCUT2D eigenvalue weighted by atomic mass is 16.3. The summed E-state index contributed by atoms with van der Waals surface area (Å²) in [5.74, 6) is 1.15. The van der Waals surface area contributed by atoms with Gasteiger partial charge in [-0.15, -0.1) is 5.10 Å². The summed E-state index contributed by atoms with van der Waals surface area (Å²) in [5.41, 5.74) is 0.948. The van der Waals surface area contributed by atoms with E-state index in [1.54, 1.807) is 0 Å². The van der Waals surface area contributed by atoms with E-state index in [0.717, 1.165) is 48.1 Å². The molecule has 4 nitrogen and oxygen atoms in total. The van der Waals surface area contributed by atoms with Gasteiger partial charge in [0.2, 0.25) is 0 Å². The van der Waals surface area contributed by atoms with Crippen molar-refractivity contribution in [1.82, 2.24) is 10.2 Å². The van der Waals surface area contributed by atoms with Gasteiger partial charge in [-0.2, -0.15) is 5.10 Å². The highest BCUT2D eigenvalue weighted by Gasteiger charge is 2.23. The first-order chi connectivity index (χ1) is 9.75. The Kier molecular flexibility index (Phi) is 3.83. The van der Waals surface area contributed by atoms with Crippen LogP contribution >= 0.6 is 0 Å². The van der Waals surface area contributed by atoms with Crippen LogP contribution in [0.15, 0.2) is 24.3 Å². The summed E-state index contributed by atoms with van der Waals surface area (Å²) >= 11 is 0. The fourth-order valence-corrected chi connectivity index (χ4v) is 3.02. The van der Waals surface area contributed by atoms with Crippen LogP contribution in [0.4, 0.5) is 5.82 Å². The quantitative estimate of drug-likeness (QED) is 0.901. The molecule has 0 saturated heterocycles. The average Bonchev–Trinajstić information content (AvgIpc) is 2.48. The van der Waals surface area contributed by atoms with E-state index < -0.39 is 0 Å². The molecular weight excluding hydrogens is 250 g/mol. The number of aryl methyl sites for hydroxylation is 1. The van der Waals surface area contributed by atoms with Crippen molar-refractivity contribution >= 4 is 16.6 Å². The predicted octanol–water partition coefficient (Wildman–Crippen LogP) is 2.90. The molecule has 2 aromatic rings. The van der Waals surface area contributed by atoms with Crippen molar-refractivity contribution in [3.8, 4) is 0 Å². The highest BCUT2D eigenvalue weighted by molar-refractivity contribution is 5.92. The minimum absolute atomic E-state index is 0.180. The molecule has 1 fully saturated rings. The maximum Gasteiger partial charge on any atom is 0.156 e. The first-order valence-electron chi connectivity index (χ1n) is 7.39. The minimum atomic E-state index is -0.180. The molecule has 3 rings (SSSR count). The van der Waals surface area contributed by atoms with Crippen LogP contribution in [-0.4, -0.2) is 28.0 Å². The van der Waals surface area contributed by atoms with E-state index in [9.17, 15) is 5.11 Å². The number of aliphatic hydroxyl groups is 1. The van der Waals surface area contributed by atoms with Gasteiger partial charge in [-0.25, -0.2) is 0 Å². The Hall–Kier alpha value is -1.68. The Labute approximate surface area is 119 Å². The summed E-state index contributed by atoms with van der Waals surface area (Å²) in [4.78, 5) is 0. The number of hydrogen-bond acceptors (Lipinski definition) is 4. The lowest BCUT2D eigenvalue weighted by molar-refractivity contribution is 0.0763. The van der Waals surface area contributed by atoms with Gasteiger partial charge in [0.15, 0.2) is 5.82 Å². The summed E-state index contributed by atoms with van der Waals surface area (Å²) < 4.78 is 0. The van der Waals surface area contributed by atoms with Gasteiger partial charge < -0.3 is 10.4 Å².